The van der Waals surface area contributed by atoms with Gasteiger partial charge in [0.25, 0.3) is 0 Å². The molecule has 0 radical (unpaired) electrons. The van der Waals surface area contributed by atoms with Crippen molar-refractivity contribution in [1.29, 1.82) is 0 Å². The quantitative estimate of drug-likeness (QED) is 0.107. The standard InChI is InChI=1S/C58H78O5/c1-32(41-24-36(54(5,6)7)20-22-49(41)59)43-26-38(56(11,12)13)28-45(51(43)61)34(3)47-30-40(58(17,18)19)31-48(53(47)63)35(4)46-29-39(57(14,15)16)27-44(52(46)62)33(2)42-25-37(55(8,9)10)21-23-50(42)60/h20-35,59-63H,1-19H3. The van der Waals surface area contributed by atoms with Crippen LogP contribution < -0.4 is 0 Å². The normalized spacial score (nSPS) is 15.0. The maximum absolute atomic E-state index is 12.7. The van der Waals surface area contributed by atoms with Gasteiger partial charge in [-0.2, -0.15) is 0 Å². The number of rotatable bonds is 8. The number of benzene rings is 5. The second-order valence-corrected chi connectivity index (χ2v) is 23.7. The Bertz CT molecular complexity index is 2320. The fourth-order valence-corrected chi connectivity index (χ4v) is 8.73. The summed E-state index contributed by atoms with van der Waals surface area (Å²) in [4.78, 5) is 0. The lowest BCUT2D eigenvalue weighted by atomic mass is 9.75. The summed E-state index contributed by atoms with van der Waals surface area (Å²) in [6.45, 7) is 40.5. The molecule has 0 aromatic heterocycles. The molecule has 0 amide bonds. The topological polar surface area (TPSA) is 101 Å². The van der Waals surface area contributed by atoms with Crippen LogP contribution in [-0.4, -0.2) is 25.5 Å². The molecule has 0 heterocycles. The predicted octanol–water partition coefficient (Wildman–Crippen LogP) is 15.3. The van der Waals surface area contributed by atoms with E-state index in [9.17, 15) is 25.5 Å². The van der Waals surface area contributed by atoms with Gasteiger partial charge in [-0.1, -0.05) is 192 Å². The van der Waals surface area contributed by atoms with Crippen LogP contribution in [0.15, 0.2) is 72.8 Å². The molecule has 0 spiro atoms. The van der Waals surface area contributed by atoms with Crippen LogP contribution in [0.3, 0.4) is 0 Å². The molecular weight excluding hydrogens is 777 g/mol. The average molecular weight is 855 g/mol. The minimum atomic E-state index is -0.441. The van der Waals surface area contributed by atoms with E-state index in [0.717, 1.165) is 50.1 Å². The van der Waals surface area contributed by atoms with Crippen molar-refractivity contribution < 1.29 is 25.5 Å². The molecule has 5 rings (SSSR count). The summed E-state index contributed by atoms with van der Waals surface area (Å²) in [6.07, 6.45) is 0. The van der Waals surface area contributed by atoms with Crippen LogP contribution in [0, 0.1) is 0 Å². The van der Waals surface area contributed by atoms with Gasteiger partial charge in [-0.25, -0.2) is 0 Å². The molecule has 0 aliphatic rings. The number of hydrogen-bond acceptors (Lipinski definition) is 5. The van der Waals surface area contributed by atoms with Crippen molar-refractivity contribution in [2.75, 3.05) is 0 Å². The van der Waals surface area contributed by atoms with Crippen molar-refractivity contribution in [3.05, 3.63) is 145 Å². The van der Waals surface area contributed by atoms with E-state index < -0.39 is 11.8 Å². The van der Waals surface area contributed by atoms with Crippen LogP contribution in [0.1, 0.15) is 228 Å². The zero-order valence-electron chi connectivity index (χ0n) is 42.0. The highest BCUT2D eigenvalue weighted by Gasteiger charge is 2.32. The molecule has 5 nitrogen and oxygen atoms in total. The van der Waals surface area contributed by atoms with Gasteiger partial charge in [-0.15, -0.1) is 0 Å². The lowest BCUT2D eigenvalue weighted by Crippen LogP contribution is -2.17. The third kappa shape index (κ3) is 10.1. The van der Waals surface area contributed by atoms with Crippen molar-refractivity contribution in [3.8, 4) is 28.7 Å². The van der Waals surface area contributed by atoms with Gasteiger partial charge in [-0.3, -0.25) is 0 Å². The third-order valence-corrected chi connectivity index (χ3v) is 13.6. The molecule has 340 valence electrons. The van der Waals surface area contributed by atoms with Gasteiger partial charge in [-0.05, 0) is 67.0 Å². The molecule has 5 aromatic rings. The van der Waals surface area contributed by atoms with Crippen LogP contribution in [0.4, 0.5) is 0 Å². The van der Waals surface area contributed by atoms with E-state index >= 15 is 0 Å². The molecule has 0 aliphatic carbocycles. The first-order chi connectivity index (χ1) is 28.6. The predicted molar refractivity (Wildman–Crippen MR) is 264 cm³/mol. The highest BCUT2D eigenvalue weighted by atomic mass is 16.3. The first kappa shape index (κ1) is 49.1. The van der Waals surface area contributed by atoms with E-state index in [1.165, 1.54) is 0 Å². The summed E-state index contributed by atoms with van der Waals surface area (Å²) >= 11 is 0. The maximum atomic E-state index is 12.7. The zero-order valence-corrected chi connectivity index (χ0v) is 42.0. The monoisotopic (exact) mass is 855 g/mol. The molecule has 5 heteroatoms. The van der Waals surface area contributed by atoms with Crippen molar-refractivity contribution in [1.82, 2.24) is 0 Å². The van der Waals surface area contributed by atoms with Gasteiger partial charge in [0.05, 0.1) is 0 Å². The van der Waals surface area contributed by atoms with Crippen molar-refractivity contribution in [2.24, 2.45) is 0 Å². The molecule has 0 fully saturated rings. The highest BCUT2D eigenvalue weighted by molar-refractivity contribution is 5.61. The Morgan fingerprint density at radius 2 is 0.444 bits per heavy atom. The lowest BCUT2D eigenvalue weighted by Gasteiger charge is -2.30. The molecule has 5 N–H and O–H groups in total. The Morgan fingerprint density at radius 1 is 0.270 bits per heavy atom. The second-order valence-electron chi connectivity index (χ2n) is 23.7. The Labute approximate surface area is 380 Å². The summed E-state index contributed by atoms with van der Waals surface area (Å²) in [5.74, 6) is -0.764. The average Bonchev–Trinajstić information content (AvgIpc) is 3.15. The molecule has 4 unspecified atom stereocenters. The third-order valence-electron chi connectivity index (χ3n) is 13.6. The lowest BCUT2D eigenvalue weighted by molar-refractivity contribution is 0.440. The zero-order chi connectivity index (χ0) is 47.7. The van der Waals surface area contributed by atoms with Gasteiger partial charge in [0.2, 0.25) is 0 Å². The molecule has 0 saturated carbocycles. The van der Waals surface area contributed by atoms with Crippen molar-refractivity contribution in [2.45, 2.75) is 182 Å². The fourth-order valence-electron chi connectivity index (χ4n) is 8.73. The highest BCUT2D eigenvalue weighted by Crippen LogP contribution is 2.50. The van der Waals surface area contributed by atoms with E-state index in [-0.39, 0.29) is 67.7 Å². The van der Waals surface area contributed by atoms with Crippen LogP contribution in [0.5, 0.6) is 28.7 Å². The first-order valence-electron chi connectivity index (χ1n) is 22.9. The molecular formula is C58H78O5. The van der Waals surface area contributed by atoms with E-state index in [1.54, 1.807) is 12.1 Å². The van der Waals surface area contributed by atoms with Crippen molar-refractivity contribution in [3.63, 3.8) is 0 Å². The van der Waals surface area contributed by atoms with E-state index in [0.29, 0.717) is 22.3 Å². The summed E-state index contributed by atoms with van der Waals surface area (Å²) in [5.41, 5.74) is 9.91. The van der Waals surface area contributed by atoms with E-state index in [4.69, 9.17) is 0 Å². The van der Waals surface area contributed by atoms with Gasteiger partial charge in [0.1, 0.15) is 28.7 Å². The maximum Gasteiger partial charge on any atom is 0.123 e. The Morgan fingerprint density at radius 3 is 0.635 bits per heavy atom. The number of phenolic OH excluding ortho intramolecular Hbond substituents is 5. The first-order valence-corrected chi connectivity index (χ1v) is 22.9. The minimum absolute atomic E-state index is 0.124. The number of aromatic hydroxyl groups is 5. The van der Waals surface area contributed by atoms with E-state index in [1.807, 2.05) is 39.8 Å². The van der Waals surface area contributed by atoms with Gasteiger partial charge >= 0.3 is 0 Å². The largest absolute Gasteiger partial charge is 0.508 e. The minimum Gasteiger partial charge on any atom is -0.508 e. The number of hydrogen-bond donors (Lipinski definition) is 5. The van der Waals surface area contributed by atoms with Crippen LogP contribution >= 0.6 is 0 Å². The summed E-state index contributed by atoms with van der Waals surface area (Å²) in [7, 11) is 0. The SMILES string of the molecule is CC(c1cc(C(C)(C)C)ccc1O)c1cc(C(C)(C)C)cc(C(C)c2cc(C(C)(C)C)cc(C(C)c3cc(C(C)(C)C)cc(C(C)c4cc(C(C)(C)C)ccc4O)c3O)c2O)c1O. The Kier molecular flexibility index (Phi) is 13.2. The molecule has 0 bridgehead atoms. The Balaban J connectivity index is 1.75. The summed E-state index contributed by atoms with van der Waals surface area (Å²) in [6, 6.07) is 24.0. The Hall–Kier alpha value is -4.90. The van der Waals surface area contributed by atoms with Crippen LogP contribution in [0.25, 0.3) is 0 Å². The second kappa shape index (κ2) is 16.9. The van der Waals surface area contributed by atoms with E-state index in [2.05, 4.69) is 152 Å². The van der Waals surface area contributed by atoms with Gasteiger partial charge < -0.3 is 25.5 Å². The number of phenols is 5. The van der Waals surface area contributed by atoms with Crippen LogP contribution in [-0.2, 0) is 27.1 Å². The van der Waals surface area contributed by atoms with Crippen molar-refractivity contribution >= 4 is 0 Å². The fraction of sp³-hybridized carbons (Fsp3) is 0.483. The summed E-state index contributed by atoms with van der Waals surface area (Å²) in [5, 5.41) is 60.0. The van der Waals surface area contributed by atoms with Crippen LogP contribution in [0.2, 0.25) is 0 Å². The molecule has 4 atom stereocenters. The van der Waals surface area contributed by atoms with Gasteiger partial charge in [0, 0.05) is 68.2 Å². The molecule has 63 heavy (non-hydrogen) atoms. The molecule has 5 aromatic carbocycles. The smallest absolute Gasteiger partial charge is 0.123 e. The molecule has 0 saturated heterocycles. The van der Waals surface area contributed by atoms with Gasteiger partial charge in [0.15, 0.2) is 0 Å². The molecule has 0 aliphatic heterocycles. The summed E-state index contributed by atoms with van der Waals surface area (Å²) < 4.78 is 0.